The van der Waals surface area contributed by atoms with Crippen molar-refractivity contribution in [3.8, 4) is 0 Å². The summed E-state index contributed by atoms with van der Waals surface area (Å²) in [6.45, 7) is 0. The summed E-state index contributed by atoms with van der Waals surface area (Å²) in [5, 5.41) is 2.71. The average Bonchev–Trinajstić information content (AvgIpc) is 2.62. The van der Waals surface area contributed by atoms with E-state index in [1.165, 1.54) is 0 Å². The lowest BCUT2D eigenvalue weighted by molar-refractivity contribution is 0.478. The van der Waals surface area contributed by atoms with Crippen LogP contribution in [0.25, 0.3) is 0 Å². The zero-order valence-corrected chi connectivity index (χ0v) is 14.0. The van der Waals surface area contributed by atoms with Gasteiger partial charge in [0.1, 0.15) is 15.9 Å². The van der Waals surface area contributed by atoms with E-state index in [9.17, 15) is 8.76 Å². The molecule has 1 unspecified atom stereocenters. The highest BCUT2D eigenvalue weighted by Crippen LogP contribution is 2.56. The van der Waals surface area contributed by atoms with E-state index in [-0.39, 0.29) is 0 Å². The predicted octanol–water partition coefficient (Wildman–Crippen LogP) is 3.05. The van der Waals surface area contributed by atoms with Crippen molar-refractivity contribution < 1.29 is 12.7 Å². The molecule has 0 aliphatic carbocycles. The molecule has 0 fully saturated rings. The molecule has 0 saturated heterocycles. The summed E-state index contributed by atoms with van der Waals surface area (Å²) in [5.74, 6) is 0. The summed E-state index contributed by atoms with van der Waals surface area (Å²) in [7, 11) is -2.66. The second kappa shape index (κ2) is 7.16. The van der Waals surface area contributed by atoms with E-state index in [1.807, 2.05) is 91.0 Å². The Hall–Kier alpha value is -1.84. The van der Waals surface area contributed by atoms with Gasteiger partial charge in [0.2, 0.25) is 0 Å². The highest BCUT2D eigenvalue weighted by Gasteiger charge is 2.50. The van der Waals surface area contributed by atoms with Crippen LogP contribution in [0.1, 0.15) is 0 Å². The topological polar surface area (TPSA) is 46.5 Å². The van der Waals surface area contributed by atoms with Gasteiger partial charge in [0.25, 0.3) is 7.49 Å². The molecule has 116 valence electrons. The van der Waals surface area contributed by atoms with Crippen molar-refractivity contribution in [3.05, 3.63) is 91.0 Å². The molecule has 0 radical (unpaired) electrons. The Labute approximate surface area is 138 Å². The average molecular weight is 343 g/mol. The predicted molar refractivity (Wildman–Crippen MR) is 97.0 cm³/mol. The summed E-state index contributed by atoms with van der Waals surface area (Å²) in [4.78, 5) is 0. The van der Waals surface area contributed by atoms with E-state index >= 15 is 0 Å². The minimum absolute atomic E-state index is 0.903. The molecule has 0 aliphatic rings. The van der Waals surface area contributed by atoms with Crippen LogP contribution in [-0.4, -0.2) is 8.76 Å². The van der Waals surface area contributed by atoms with E-state index in [2.05, 4.69) is 0 Å². The van der Waals surface area contributed by atoms with Gasteiger partial charge < -0.3 is 0 Å². The molecule has 1 atom stereocenters. The summed E-state index contributed by atoms with van der Waals surface area (Å²) in [6.07, 6.45) is 0. The van der Waals surface area contributed by atoms with Crippen LogP contribution in [0, 0.1) is 0 Å². The zero-order chi connectivity index (χ0) is 16.1. The number of rotatable bonds is 5. The molecule has 5 heteroatoms. The molecule has 1 N–H and O–H groups in total. The van der Waals surface area contributed by atoms with Crippen molar-refractivity contribution in [1.29, 1.82) is 0 Å². The third-order valence-corrected chi connectivity index (χ3v) is 8.02. The first-order chi connectivity index (χ1) is 11.2. The third-order valence-electron chi connectivity index (χ3n) is 3.53. The van der Waals surface area contributed by atoms with Crippen molar-refractivity contribution in [2.45, 2.75) is 0 Å². The molecule has 23 heavy (non-hydrogen) atoms. The first-order valence-corrected chi connectivity index (χ1v) is 9.84. The number of hydrogen-bond donors (Lipinski definition) is 1. The van der Waals surface area contributed by atoms with Crippen molar-refractivity contribution in [2.24, 2.45) is 0 Å². The minimum atomic E-state index is -2.66. The Bertz CT molecular complexity index is 682. The van der Waals surface area contributed by atoms with Crippen LogP contribution < -0.4 is 15.9 Å². The Kier molecular flexibility index (Phi) is 4.99. The molecular weight excluding hydrogens is 327 g/mol. The quantitative estimate of drug-likeness (QED) is 0.572. The van der Waals surface area contributed by atoms with Crippen LogP contribution in [0.5, 0.6) is 0 Å². The van der Waals surface area contributed by atoms with Gasteiger partial charge in [0.15, 0.2) is 0 Å². The van der Waals surface area contributed by atoms with Crippen molar-refractivity contribution >= 4 is 34.8 Å². The molecule has 0 saturated carbocycles. The molecule has 0 spiro atoms. The van der Waals surface area contributed by atoms with E-state index in [1.54, 1.807) is 0 Å². The van der Waals surface area contributed by atoms with Gasteiger partial charge in [-0.15, -0.1) is 0 Å². The van der Waals surface area contributed by atoms with E-state index < -0.39 is 18.9 Å². The largest absolute Gasteiger partial charge is 0.339 e. The summed E-state index contributed by atoms with van der Waals surface area (Å²) in [6, 6.07) is 28.9. The second-order valence-corrected chi connectivity index (χ2v) is 8.71. The van der Waals surface area contributed by atoms with E-state index in [0.717, 1.165) is 15.9 Å². The third kappa shape index (κ3) is 3.26. The maximum Gasteiger partial charge on any atom is 0.339 e. The minimum Gasteiger partial charge on any atom is -0.281 e. The van der Waals surface area contributed by atoms with Gasteiger partial charge >= 0.3 is 11.4 Å². The van der Waals surface area contributed by atoms with E-state index in [0.29, 0.717) is 0 Å². The van der Waals surface area contributed by atoms with Crippen LogP contribution in [-0.2, 0) is 15.3 Å². The zero-order valence-electron chi connectivity index (χ0n) is 12.3. The van der Waals surface area contributed by atoms with Crippen LogP contribution in [0.15, 0.2) is 91.0 Å². The lowest BCUT2D eigenvalue weighted by atomic mass is 10.4. The standard InChI is InChI=1S/C18H15O3PS/c19-23(20)21-22(16-10-4-1-5-11-16,17-12-6-2-7-13-17)18-14-8-3-9-15-18/h1-15H/p+1. The fraction of sp³-hybridized carbons (Fsp3) is 0. The molecule has 3 rings (SSSR count). The summed E-state index contributed by atoms with van der Waals surface area (Å²) in [5.41, 5.74) is 0. The fourth-order valence-corrected chi connectivity index (χ4v) is 7.05. The highest BCUT2D eigenvalue weighted by molar-refractivity contribution is 7.98. The van der Waals surface area contributed by atoms with Crippen LogP contribution in [0.4, 0.5) is 0 Å². The van der Waals surface area contributed by atoms with Gasteiger partial charge in [-0.2, -0.15) is 4.21 Å². The monoisotopic (exact) mass is 343 g/mol. The van der Waals surface area contributed by atoms with Crippen LogP contribution >= 0.6 is 7.49 Å². The molecular formula is C18H16O3PS+. The molecule has 3 aromatic rings. The van der Waals surface area contributed by atoms with Gasteiger partial charge in [0.05, 0.1) is 0 Å². The Balaban J connectivity index is 2.32. The maximum absolute atomic E-state index is 11.7. The van der Waals surface area contributed by atoms with Crippen molar-refractivity contribution in [3.63, 3.8) is 0 Å². The van der Waals surface area contributed by atoms with Crippen molar-refractivity contribution in [1.82, 2.24) is 0 Å². The van der Waals surface area contributed by atoms with Gasteiger partial charge in [-0.05, 0) is 36.4 Å². The smallest absolute Gasteiger partial charge is 0.281 e. The van der Waals surface area contributed by atoms with Crippen molar-refractivity contribution in [2.75, 3.05) is 0 Å². The molecule has 0 heterocycles. The Morgan fingerprint density at radius 2 is 0.957 bits per heavy atom. The first-order valence-electron chi connectivity index (χ1n) is 7.10. The van der Waals surface area contributed by atoms with Gasteiger partial charge in [0, 0.05) is 0 Å². The molecule has 3 nitrogen and oxygen atoms in total. The Morgan fingerprint density at radius 1 is 0.652 bits per heavy atom. The second-order valence-electron chi connectivity index (χ2n) is 4.91. The Morgan fingerprint density at radius 3 is 1.22 bits per heavy atom. The number of benzene rings is 3. The molecule has 0 aliphatic heterocycles. The molecule has 0 bridgehead atoms. The molecule has 3 aromatic carbocycles. The van der Waals surface area contributed by atoms with Gasteiger partial charge in [-0.25, -0.2) is 0 Å². The summed E-state index contributed by atoms with van der Waals surface area (Å²) < 4.78 is 26.9. The SMILES string of the molecule is O=S(O)O[P+](c1ccccc1)(c1ccccc1)c1ccccc1. The lowest BCUT2D eigenvalue weighted by Crippen LogP contribution is -2.33. The van der Waals surface area contributed by atoms with E-state index in [4.69, 9.17) is 3.97 Å². The van der Waals surface area contributed by atoms with Crippen LogP contribution in [0.3, 0.4) is 0 Å². The fourth-order valence-electron chi connectivity index (χ4n) is 2.59. The van der Waals surface area contributed by atoms with Crippen LogP contribution in [0.2, 0.25) is 0 Å². The molecule has 0 amide bonds. The first kappa shape index (κ1) is 16.0. The molecule has 0 aromatic heterocycles. The normalized spacial score (nSPS) is 12.7. The maximum atomic E-state index is 11.7. The summed E-state index contributed by atoms with van der Waals surface area (Å²) >= 11 is -2.39. The van der Waals surface area contributed by atoms with Gasteiger partial charge in [-0.1, -0.05) is 58.6 Å². The highest BCUT2D eigenvalue weighted by atomic mass is 32.2. The lowest BCUT2D eigenvalue weighted by Gasteiger charge is -2.23. The number of hydrogen-bond acceptors (Lipinski definition) is 2. The van der Waals surface area contributed by atoms with Gasteiger partial charge in [-0.3, -0.25) is 4.55 Å².